The van der Waals surface area contributed by atoms with E-state index < -0.39 is 23.8 Å². The fourth-order valence-corrected chi connectivity index (χ4v) is 2.45. The van der Waals surface area contributed by atoms with Crippen molar-refractivity contribution in [2.75, 3.05) is 12.0 Å². The van der Waals surface area contributed by atoms with E-state index in [2.05, 4.69) is 5.32 Å². The van der Waals surface area contributed by atoms with Crippen molar-refractivity contribution in [1.29, 1.82) is 0 Å². The Morgan fingerprint density at radius 3 is 2.65 bits per heavy atom. The number of aromatic hydroxyl groups is 1. The molecule has 0 radical (unpaired) electrons. The van der Waals surface area contributed by atoms with E-state index in [-0.39, 0.29) is 17.2 Å². The molecule has 1 fully saturated rings. The van der Waals surface area contributed by atoms with E-state index in [9.17, 15) is 19.1 Å². The summed E-state index contributed by atoms with van der Waals surface area (Å²) in [6.45, 7) is 0. The van der Waals surface area contributed by atoms with Crippen LogP contribution in [0, 0.1) is 5.82 Å². The Labute approximate surface area is 131 Å². The molecule has 1 unspecified atom stereocenters. The lowest BCUT2D eigenvalue weighted by molar-refractivity contribution is -0.118. The van der Waals surface area contributed by atoms with Gasteiger partial charge in [0.25, 0.3) is 5.91 Å². The molecule has 1 saturated heterocycles. The summed E-state index contributed by atoms with van der Waals surface area (Å²) in [5, 5.41) is 12.3. The number of anilines is 1. The number of rotatable bonds is 3. The lowest BCUT2D eigenvalue weighted by atomic mass is 10.1. The van der Waals surface area contributed by atoms with Crippen molar-refractivity contribution in [3.63, 3.8) is 0 Å². The Balaban J connectivity index is 1.94. The first kappa shape index (κ1) is 14.8. The Morgan fingerprint density at radius 2 is 2.00 bits per heavy atom. The summed E-state index contributed by atoms with van der Waals surface area (Å²) in [5.74, 6) is -0.984. The Morgan fingerprint density at radius 1 is 1.22 bits per heavy atom. The van der Waals surface area contributed by atoms with Crippen LogP contribution in [0.3, 0.4) is 0 Å². The molecule has 2 N–H and O–H groups in total. The third-order valence-electron chi connectivity index (χ3n) is 3.54. The maximum atomic E-state index is 13.3. The van der Waals surface area contributed by atoms with Gasteiger partial charge in [-0.05, 0) is 35.9 Å². The molecule has 0 aliphatic carbocycles. The normalized spacial score (nSPS) is 17.3. The van der Waals surface area contributed by atoms with Crippen molar-refractivity contribution in [2.24, 2.45) is 0 Å². The fourth-order valence-electron chi connectivity index (χ4n) is 2.45. The molecule has 0 saturated carbocycles. The van der Waals surface area contributed by atoms with Crippen LogP contribution in [0.4, 0.5) is 14.9 Å². The molecule has 1 aliphatic heterocycles. The molecule has 23 heavy (non-hydrogen) atoms. The summed E-state index contributed by atoms with van der Waals surface area (Å²) in [7, 11) is 1.41. The number of nitrogens with zero attached hydrogens (tertiary/aromatic N) is 1. The van der Waals surface area contributed by atoms with Gasteiger partial charge in [-0.2, -0.15) is 0 Å². The number of urea groups is 1. The van der Waals surface area contributed by atoms with Crippen LogP contribution in [0.1, 0.15) is 11.6 Å². The summed E-state index contributed by atoms with van der Waals surface area (Å²) in [4.78, 5) is 25.4. The number of methoxy groups -OCH3 is 1. The number of hydrogen-bond donors (Lipinski definition) is 2. The number of phenolic OH excluding ortho intramolecular Hbond substituents is 1. The van der Waals surface area contributed by atoms with Gasteiger partial charge in [0.15, 0.2) is 11.5 Å². The van der Waals surface area contributed by atoms with Gasteiger partial charge in [0.05, 0.1) is 12.8 Å². The third kappa shape index (κ3) is 2.57. The van der Waals surface area contributed by atoms with Gasteiger partial charge < -0.3 is 15.2 Å². The van der Waals surface area contributed by atoms with E-state index >= 15 is 0 Å². The first-order valence-electron chi connectivity index (χ1n) is 6.78. The van der Waals surface area contributed by atoms with Crippen molar-refractivity contribution in [3.8, 4) is 11.5 Å². The number of carbonyl (C=O) groups excluding carboxylic acids is 2. The van der Waals surface area contributed by atoms with Crippen molar-refractivity contribution in [1.82, 2.24) is 5.32 Å². The van der Waals surface area contributed by atoms with E-state index in [1.54, 1.807) is 6.07 Å². The number of carbonyl (C=O) groups is 2. The van der Waals surface area contributed by atoms with Gasteiger partial charge in [-0.15, -0.1) is 0 Å². The smallest absolute Gasteiger partial charge is 0.329 e. The second-order valence-corrected chi connectivity index (χ2v) is 4.97. The molecule has 118 valence electrons. The molecule has 3 rings (SSSR count). The lowest BCUT2D eigenvalue weighted by Gasteiger charge is -2.13. The topological polar surface area (TPSA) is 78.9 Å². The van der Waals surface area contributed by atoms with Crippen LogP contribution in [0.15, 0.2) is 42.5 Å². The molecule has 0 bridgehead atoms. The minimum Gasteiger partial charge on any atom is -0.504 e. The summed E-state index contributed by atoms with van der Waals surface area (Å²) < 4.78 is 18.3. The molecule has 1 atom stereocenters. The number of amides is 3. The van der Waals surface area contributed by atoms with E-state index in [0.29, 0.717) is 5.56 Å². The first-order valence-corrected chi connectivity index (χ1v) is 6.78. The molecule has 3 amide bonds. The van der Waals surface area contributed by atoms with Gasteiger partial charge in [-0.3, -0.25) is 4.79 Å². The molecule has 7 heteroatoms. The standard InChI is InChI=1S/C16H13FN2O4/c1-23-13-6-5-9(7-12(13)20)14-15(21)19(16(22)18-14)11-4-2-3-10(17)8-11/h2-8,14,20H,1H3,(H,18,22). The second-order valence-electron chi connectivity index (χ2n) is 4.97. The monoisotopic (exact) mass is 316 g/mol. The zero-order valence-electron chi connectivity index (χ0n) is 12.1. The number of benzene rings is 2. The summed E-state index contributed by atoms with van der Waals surface area (Å²) >= 11 is 0. The van der Waals surface area contributed by atoms with Crippen LogP contribution in [0.2, 0.25) is 0 Å². The summed E-state index contributed by atoms with van der Waals surface area (Å²) in [6.07, 6.45) is 0. The number of imide groups is 1. The highest BCUT2D eigenvalue weighted by Crippen LogP contribution is 2.32. The predicted molar refractivity (Wildman–Crippen MR) is 79.8 cm³/mol. The molecule has 0 aromatic heterocycles. The molecule has 2 aromatic carbocycles. The highest BCUT2D eigenvalue weighted by molar-refractivity contribution is 6.21. The van der Waals surface area contributed by atoms with E-state index in [1.807, 2.05) is 0 Å². The average Bonchev–Trinajstić information content (AvgIpc) is 2.82. The lowest BCUT2D eigenvalue weighted by Crippen LogP contribution is -2.30. The van der Waals surface area contributed by atoms with E-state index in [4.69, 9.17) is 4.74 Å². The van der Waals surface area contributed by atoms with Crippen LogP contribution < -0.4 is 15.0 Å². The average molecular weight is 316 g/mol. The fraction of sp³-hybridized carbons (Fsp3) is 0.125. The molecular weight excluding hydrogens is 303 g/mol. The minimum atomic E-state index is -0.956. The van der Waals surface area contributed by atoms with Crippen molar-refractivity contribution >= 4 is 17.6 Å². The van der Waals surface area contributed by atoms with Gasteiger partial charge in [0, 0.05) is 0 Å². The van der Waals surface area contributed by atoms with Crippen molar-refractivity contribution in [3.05, 3.63) is 53.8 Å². The number of ether oxygens (including phenoxy) is 1. The van der Waals surface area contributed by atoms with Gasteiger partial charge in [0.1, 0.15) is 11.9 Å². The van der Waals surface area contributed by atoms with Gasteiger partial charge in [-0.1, -0.05) is 12.1 Å². The Bertz CT molecular complexity index is 793. The van der Waals surface area contributed by atoms with Gasteiger partial charge >= 0.3 is 6.03 Å². The molecular formula is C16H13FN2O4. The second kappa shape index (κ2) is 5.60. The summed E-state index contributed by atoms with van der Waals surface area (Å²) in [6, 6.07) is 8.00. The molecule has 0 spiro atoms. The highest BCUT2D eigenvalue weighted by atomic mass is 19.1. The number of phenols is 1. The van der Waals surface area contributed by atoms with Gasteiger partial charge in [-0.25, -0.2) is 14.1 Å². The van der Waals surface area contributed by atoms with Crippen molar-refractivity contribution < 1.29 is 23.8 Å². The first-order chi connectivity index (χ1) is 11.0. The Kier molecular flexibility index (Phi) is 3.61. The SMILES string of the molecule is COc1ccc(C2NC(=O)N(c3cccc(F)c3)C2=O)cc1O. The largest absolute Gasteiger partial charge is 0.504 e. The molecule has 6 nitrogen and oxygen atoms in total. The van der Waals surface area contributed by atoms with Crippen LogP contribution >= 0.6 is 0 Å². The van der Waals surface area contributed by atoms with Crippen LogP contribution in [0.25, 0.3) is 0 Å². The number of hydrogen-bond acceptors (Lipinski definition) is 4. The predicted octanol–water partition coefficient (Wildman–Crippen LogP) is 2.34. The van der Waals surface area contributed by atoms with E-state index in [1.165, 1.54) is 37.4 Å². The summed E-state index contributed by atoms with van der Waals surface area (Å²) in [5.41, 5.74) is 0.549. The van der Waals surface area contributed by atoms with E-state index in [0.717, 1.165) is 11.0 Å². The highest BCUT2D eigenvalue weighted by Gasteiger charge is 2.40. The molecule has 2 aromatic rings. The number of halogens is 1. The van der Waals surface area contributed by atoms with Crippen LogP contribution in [-0.4, -0.2) is 24.2 Å². The maximum absolute atomic E-state index is 13.3. The quantitative estimate of drug-likeness (QED) is 0.852. The molecule has 1 heterocycles. The number of nitrogens with one attached hydrogen (secondary N) is 1. The Hall–Kier alpha value is -3.09. The van der Waals surface area contributed by atoms with Crippen molar-refractivity contribution in [2.45, 2.75) is 6.04 Å². The zero-order chi connectivity index (χ0) is 16.6. The third-order valence-corrected chi connectivity index (χ3v) is 3.54. The minimum absolute atomic E-state index is 0.142. The zero-order valence-corrected chi connectivity index (χ0v) is 12.1. The molecule has 1 aliphatic rings. The van der Waals surface area contributed by atoms with Gasteiger partial charge in [0.2, 0.25) is 0 Å². The maximum Gasteiger partial charge on any atom is 0.329 e. The van der Waals surface area contributed by atoms with Crippen LogP contribution in [-0.2, 0) is 4.79 Å². The van der Waals surface area contributed by atoms with Crippen LogP contribution in [0.5, 0.6) is 11.5 Å².